The number of ketones is 2. The molecule has 3 heterocycles. The van der Waals surface area contributed by atoms with Gasteiger partial charge < -0.3 is 55.4 Å². The topological polar surface area (TPSA) is 388 Å². The van der Waals surface area contributed by atoms with Crippen LogP contribution in [0.5, 0.6) is 5.75 Å². The molecule has 3 atom stereocenters. The van der Waals surface area contributed by atoms with Gasteiger partial charge in [-0.3, -0.25) is 33.1 Å². The number of Topliss-reactive ketones (excluding diaryl/α,β-unsaturated/α-hetero) is 2. The van der Waals surface area contributed by atoms with Crippen LogP contribution < -0.4 is 25.6 Å². The Hall–Kier alpha value is -8.67. The summed E-state index contributed by atoms with van der Waals surface area (Å²) in [5, 5.41) is 36.2. The van der Waals surface area contributed by atoms with Gasteiger partial charge in [0.1, 0.15) is 29.9 Å². The summed E-state index contributed by atoms with van der Waals surface area (Å²) in [6.45, 7) is 10.0. The van der Waals surface area contributed by atoms with Crippen molar-refractivity contribution in [3.05, 3.63) is 155 Å². The second-order valence-electron chi connectivity index (χ2n) is 26.2. The molecule has 0 spiro atoms. The number of carbonyl (C=O) groups is 7. The van der Waals surface area contributed by atoms with E-state index in [4.69, 9.17) is 19.3 Å². The highest BCUT2D eigenvalue weighted by molar-refractivity contribution is 7.86. The molecule has 0 bridgehead atoms. The van der Waals surface area contributed by atoms with E-state index in [0.717, 1.165) is 51.5 Å². The zero-order valence-electron chi connectivity index (χ0n) is 57.1. The normalized spacial score (nSPS) is 16.7. The van der Waals surface area contributed by atoms with E-state index in [1.165, 1.54) is 12.5 Å². The fraction of sp³-hybridized carbons (Fsp3) is 0.486. The van der Waals surface area contributed by atoms with E-state index in [1.54, 1.807) is 24.3 Å². The minimum Gasteiger partial charge on any atom is -0.481 e. The van der Waals surface area contributed by atoms with Crippen molar-refractivity contribution >= 4 is 78.7 Å². The van der Waals surface area contributed by atoms with Gasteiger partial charge in [-0.05, 0) is 131 Å². The van der Waals surface area contributed by atoms with Crippen molar-refractivity contribution in [2.45, 2.75) is 160 Å². The van der Waals surface area contributed by atoms with E-state index < -0.39 is 91.1 Å². The fourth-order valence-electron chi connectivity index (χ4n) is 12.6. The minimum absolute atomic E-state index is 0.0124. The first-order valence-corrected chi connectivity index (χ1v) is 37.0. The highest BCUT2D eigenvalue weighted by Crippen LogP contribution is 2.48. The number of H-pyrrole nitrogens is 1. The largest absolute Gasteiger partial charge is 0.481 e. The first-order chi connectivity index (χ1) is 47.5. The second-order valence-corrected chi connectivity index (χ2v) is 29.4. The number of aromatic amines is 1. The number of nitrogens with one attached hydrogen (secondary N) is 4. The molecular formula is C72H94N7O19S2+. The minimum atomic E-state index is -4.14. The Bertz CT molecular complexity index is 3930. The van der Waals surface area contributed by atoms with E-state index in [0.29, 0.717) is 68.0 Å². The lowest BCUT2D eigenvalue weighted by atomic mass is 9.81. The third-order valence-electron chi connectivity index (χ3n) is 17.9. The first kappa shape index (κ1) is 78.7. The van der Waals surface area contributed by atoms with Crippen LogP contribution >= 0.6 is 0 Å². The number of benzene rings is 3. The molecular weight excluding hydrogens is 1330 g/mol. The summed E-state index contributed by atoms with van der Waals surface area (Å²) in [6, 6.07) is 20.0. The van der Waals surface area contributed by atoms with Crippen LogP contribution in [0.2, 0.25) is 0 Å². The van der Waals surface area contributed by atoms with Crippen LogP contribution in [0.3, 0.4) is 0 Å². The number of carbonyl (C=O) groups excluding carboxylic acids is 4. The number of allylic oxidation sites excluding steroid dienone is 7. The molecule has 4 aromatic rings. The monoisotopic (exact) mass is 1420 g/mol. The van der Waals surface area contributed by atoms with E-state index in [1.807, 2.05) is 36.4 Å². The molecule has 0 fully saturated rings. The lowest BCUT2D eigenvalue weighted by Gasteiger charge is -2.27. The smallest absolute Gasteiger partial charge is 0.326 e. The average molecular weight is 1430 g/mol. The number of imidazole rings is 1. The summed E-state index contributed by atoms with van der Waals surface area (Å²) in [4.78, 5) is 96.4. The van der Waals surface area contributed by atoms with Crippen molar-refractivity contribution in [1.29, 1.82) is 0 Å². The number of unbranched alkanes of at least 4 members (excludes halogenated alkanes) is 2. The number of carboxylic acids is 3. The van der Waals surface area contributed by atoms with Crippen molar-refractivity contribution in [1.82, 2.24) is 25.9 Å². The molecule has 1 aliphatic carbocycles. The van der Waals surface area contributed by atoms with Crippen LogP contribution in [0, 0.1) is 5.92 Å². The highest BCUT2D eigenvalue weighted by Gasteiger charge is 2.44. The molecule has 3 aliphatic rings. The van der Waals surface area contributed by atoms with Gasteiger partial charge in [-0.25, -0.2) is 14.6 Å². The number of urea groups is 1. The third kappa shape index (κ3) is 24.0. The van der Waals surface area contributed by atoms with E-state index >= 15 is 0 Å². The van der Waals surface area contributed by atoms with Gasteiger partial charge in [0.2, 0.25) is 11.6 Å². The zero-order valence-corrected chi connectivity index (χ0v) is 58.8. The van der Waals surface area contributed by atoms with E-state index in [9.17, 15) is 69.7 Å². The molecule has 9 N–H and O–H groups in total. The van der Waals surface area contributed by atoms with Crippen LogP contribution in [-0.4, -0.2) is 173 Å². The molecule has 542 valence electrons. The molecule has 7 rings (SSSR count). The van der Waals surface area contributed by atoms with E-state index in [-0.39, 0.29) is 114 Å². The Morgan fingerprint density at radius 3 is 2.07 bits per heavy atom. The fourth-order valence-corrected chi connectivity index (χ4v) is 13.8. The van der Waals surface area contributed by atoms with Crippen LogP contribution in [0.15, 0.2) is 132 Å². The number of carboxylic acid groups (broad SMARTS) is 3. The number of hydrogen-bond donors (Lipinski definition) is 9. The number of aromatic nitrogens is 2. The number of hydrogen-bond acceptors (Lipinski definition) is 16. The first-order valence-electron chi connectivity index (χ1n) is 33.8. The molecule has 0 saturated heterocycles. The molecule has 0 unspecified atom stereocenters. The van der Waals surface area contributed by atoms with Gasteiger partial charge in [-0.1, -0.05) is 68.5 Å². The van der Waals surface area contributed by atoms with Gasteiger partial charge >= 0.3 is 23.9 Å². The summed E-state index contributed by atoms with van der Waals surface area (Å²) >= 11 is 0. The second kappa shape index (κ2) is 37.1. The van der Waals surface area contributed by atoms with Crippen LogP contribution in [0.1, 0.15) is 146 Å². The van der Waals surface area contributed by atoms with Crippen molar-refractivity contribution in [2.75, 3.05) is 62.5 Å². The molecule has 28 heteroatoms. The molecule has 1 aromatic heterocycles. The summed E-state index contributed by atoms with van der Waals surface area (Å²) in [5.74, 6) is -5.62. The molecule has 2 aliphatic heterocycles. The number of aliphatic carboxylic acids is 3. The van der Waals surface area contributed by atoms with E-state index in [2.05, 4.69) is 99.5 Å². The number of rotatable bonds is 43. The van der Waals surface area contributed by atoms with Gasteiger partial charge in [0.25, 0.3) is 20.2 Å². The molecule has 0 radical (unpaired) electrons. The Labute approximate surface area is 583 Å². The van der Waals surface area contributed by atoms with Crippen LogP contribution in [0.4, 0.5) is 16.2 Å². The summed E-state index contributed by atoms with van der Waals surface area (Å²) in [5.41, 5.74) is 8.23. The predicted octanol–water partition coefficient (Wildman–Crippen LogP) is 8.90. The van der Waals surface area contributed by atoms with Gasteiger partial charge in [0, 0.05) is 111 Å². The molecule has 100 heavy (non-hydrogen) atoms. The van der Waals surface area contributed by atoms with Gasteiger partial charge in [-0.15, -0.1) is 0 Å². The lowest BCUT2D eigenvalue weighted by Crippen LogP contribution is -2.46. The molecule has 3 aromatic carbocycles. The third-order valence-corrected chi connectivity index (χ3v) is 19.5. The van der Waals surface area contributed by atoms with Crippen molar-refractivity contribution in [2.24, 2.45) is 5.92 Å². The SMILES string of the molecule is CC1(C)C(=CC=C2CCCC(C=CC3=[N+](CCCCS(=O)(=O)O)c4ccccc4C3(C)C)=C2Oc2ccc(C[C@H](CC(=O)[C@H](Cc3cnc[nH]3)NC(=O)CCOCCOCCCC(=O)CC[C@H](NC(=O)NCCCC(=O)O)C(=O)O)C(=O)O)cc2)N(CCCCS(=O)(=O)O)c2ccccc21. The number of fused-ring (bicyclic) bond motifs is 2. The number of anilines is 1. The maximum atomic E-state index is 14.1. The van der Waals surface area contributed by atoms with Crippen LogP contribution in [-0.2, 0) is 82.1 Å². The van der Waals surface area contributed by atoms with Gasteiger partial charge in [-0.2, -0.15) is 21.4 Å². The summed E-state index contributed by atoms with van der Waals surface area (Å²) in [7, 11) is -8.28. The summed E-state index contributed by atoms with van der Waals surface area (Å²) in [6.07, 6.45) is 14.5. The number of amides is 3. The van der Waals surface area contributed by atoms with Crippen LogP contribution in [0.25, 0.3) is 0 Å². The van der Waals surface area contributed by atoms with Crippen molar-refractivity contribution < 1.29 is 93.6 Å². The highest BCUT2D eigenvalue weighted by atomic mass is 32.2. The predicted molar refractivity (Wildman–Crippen MR) is 374 cm³/mol. The Balaban J connectivity index is 1.01. The maximum Gasteiger partial charge on any atom is 0.326 e. The molecule has 0 saturated carbocycles. The van der Waals surface area contributed by atoms with Gasteiger partial charge in [0.05, 0.1) is 55.0 Å². The number of nitrogens with zero attached hydrogens (tertiary/aromatic N) is 3. The molecule has 3 amide bonds. The van der Waals surface area contributed by atoms with Crippen molar-refractivity contribution in [3.8, 4) is 5.75 Å². The zero-order chi connectivity index (χ0) is 72.6. The Morgan fingerprint density at radius 1 is 0.700 bits per heavy atom. The maximum absolute atomic E-state index is 14.1. The average Bonchev–Trinajstić information content (AvgIpc) is 1.60. The van der Waals surface area contributed by atoms with Crippen molar-refractivity contribution in [3.63, 3.8) is 0 Å². The number of para-hydroxylation sites is 2. The standard InChI is InChI=1S/C72H93N7O19S2/c1-71(2)56-19-5-7-21-60(56)78(36-9-11-42-99(90,91)92)63(71)32-26-50-16-13-17-51(27-33-64-72(3,4)57-20-6-8-22-61(57)79(64)37-10-12-43-100(93,94)95)67(50)98-55-29-24-49(25-30-55)44-52(68(85)86)45-62(81)59(46-53-47-73-48-75-53)76-65(82)34-39-97-41-40-96-38-15-18-54(80)28-31-58(69(87)88)77-70(89)74-35-14-23-66(83)84/h5-8,19-22,24-27,29-30,32-33,47-48,52,58-59H,9-18,23,28,31,34-46H2,1-4H3,(H8-,73,74,75,76,77,82,83,84,85,86,87,88,89,90,91,92,93,94,95)/p+1/t52-,58+,59+/m1/s1. The quantitative estimate of drug-likeness (QED) is 0.0113. The van der Waals surface area contributed by atoms with Gasteiger partial charge in [0.15, 0.2) is 11.5 Å². The molecule has 26 nitrogen and oxygen atoms in total. The summed E-state index contributed by atoms with van der Waals surface area (Å²) < 4.78 is 86.1. The number of ether oxygens (including phenoxy) is 3. The Kier molecular flexibility index (Phi) is 29.2. The Morgan fingerprint density at radius 2 is 1.39 bits per heavy atom. The lowest BCUT2D eigenvalue weighted by molar-refractivity contribution is -0.438.